The molecule has 0 saturated heterocycles. The zero-order valence-corrected chi connectivity index (χ0v) is 19.4. The minimum absolute atomic E-state index is 0.437. The molecule has 1 aliphatic carbocycles. The van der Waals surface area contributed by atoms with Gasteiger partial charge in [-0.25, -0.2) is 4.98 Å². The number of halogens is 1. The standard InChI is InChI=1S/C27H29ClN4/c1-18(19-6-4-3-5-7-19)30-27-31-25-16-21(11-15-26(25)32(27)2)24-14-10-22(17-29-24)20-8-12-23(28)13-9-20/h8-19H,3-7H2,1-2H3,(H,30,31)/t18-/m1/s1. The molecule has 2 aromatic heterocycles. The van der Waals surface area contributed by atoms with Crippen LogP contribution in [0.4, 0.5) is 5.95 Å². The van der Waals surface area contributed by atoms with Crippen LogP contribution in [0.3, 0.4) is 0 Å². The maximum atomic E-state index is 6.00. The van der Waals surface area contributed by atoms with Gasteiger partial charge in [-0.2, -0.15) is 0 Å². The van der Waals surface area contributed by atoms with Gasteiger partial charge in [0.15, 0.2) is 0 Å². The third kappa shape index (κ3) is 4.24. The summed E-state index contributed by atoms with van der Waals surface area (Å²) >= 11 is 6.00. The van der Waals surface area contributed by atoms with Gasteiger partial charge in [0.2, 0.25) is 5.95 Å². The second-order valence-electron chi connectivity index (χ2n) is 8.97. The van der Waals surface area contributed by atoms with Crippen molar-refractivity contribution in [2.75, 3.05) is 5.32 Å². The Bertz CT molecular complexity index is 1210. The molecule has 1 saturated carbocycles. The smallest absolute Gasteiger partial charge is 0.203 e. The lowest BCUT2D eigenvalue weighted by molar-refractivity contribution is 0.327. The Morgan fingerprint density at radius 2 is 1.66 bits per heavy atom. The van der Waals surface area contributed by atoms with Crippen molar-refractivity contribution in [3.05, 3.63) is 65.8 Å². The first-order valence-electron chi connectivity index (χ1n) is 11.5. The summed E-state index contributed by atoms with van der Waals surface area (Å²) in [6.45, 7) is 2.30. The number of pyridine rings is 1. The highest BCUT2D eigenvalue weighted by Crippen LogP contribution is 2.30. The van der Waals surface area contributed by atoms with Crippen LogP contribution in [0, 0.1) is 5.92 Å². The fraction of sp³-hybridized carbons (Fsp3) is 0.333. The summed E-state index contributed by atoms with van der Waals surface area (Å²) in [5, 5.41) is 4.42. The van der Waals surface area contributed by atoms with Gasteiger partial charge in [-0.05, 0) is 61.6 Å². The van der Waals surface area contributed by atoms with E-state index in [1.54, 1.807) is 0 Å². The Labute approximate surface area is 194 Å². The Hall–Kier alpha value is -2.85. The summed E-state index contributed by atoms with van der Waals surface area (Å²) in [5.41, 5.74) is 6.33. The van der Waals surface area contributed by atoms with Crippen molar-refractivity contribution in [2.24, 2.45) is 13.0 Å². The summed E-state index contributed by atoms with van der Waals surface area (Å²) < 4.78 is 2.16. The van der Waals surface area contributed by atoms with E-state index in [0.29, 0.717) is 6.04 Å². The van der Waals surface area contributed by atoms with Crippen molar-refractivity contribution in [1.82, 2.24) is 14.5 Å². The first kappa shape index (κ1) is 21.0. The number of aryl methyl sites for hydroxylation is 1. The lowest BCUT2D eigenvalue weighted by Crippen LogP contribution is -2.28. The Morgan fingerprint density at radius 3 is 2.38 bits per heavy atom. The second-order valence-corrected chi connectivity index (χ2v) is 9.40. The van der Waals surface area contributed by atoms with E-state index in [1.807, 2.05) is 30.5 Å². The van der Waals surface area contributed by atoms with Gasteiger partial charge in [0, 0.05) is 35.4 Å². The summed E-state index contributed by atoms with van der Waals surface area (Å²) in [6.07, 6.45) is 8.64. The van der Waals surface area contributed by atoms with Gasteiger partial charge in [0.05, 0.1) is 16.7 Å². The van der Waals surface area contributed by atoms with Gasteiger partial charge >= 0.3 is 0 Å². The molecule has 5 rings (SSSR count). The lowest BCUT2D eigenvalue weighted by Gasteiger charge is -2.28. The molecule has 5 heteroatoms. The van der Waals surface area contributed by atoms with Gasteiger partial charge in [-0.15, -0.1) is 0 Å². The van der Waals surface area contributed by atoms with Gasteiger partial charge in [0.1, 0.15) is 0 Å². The number of benzene rings is 2. The van der Waals surface area contributed by atoms with Crippen LogP contribution in [0.15, 0.2) is 60.8 Å². The minimum atomic E-state index is 0.437. The number of aromatic nitrogens is 3. The van der Waals surface area contributed by atoms with E-state index in [9.17, 15) is 0 Å². The molecule has 164 valence electrons. The van der Waals surface area contributed by atoms with E-state index < -0.39 is 0 Å². The van der Waals surface area contributed by atoms with Crippen LogP contribution in [-0.4, -0.2) is 20.6 Å². The molecule has 0 unspecified atom stereocenters. The number of hydrogen-bond donors (Lipinski definition) is 1. The molecular weight excluding hydrogens is 416 g/mol. The Kier molecular flexibility index (Phi) is 5.88. The molecule has 2 aromatic carbocycles. The molecule has 0 radical (unpaired) electrons. The van der Waals surface area contributed by atoms with Crippen molar-refractivity contribution in [2.45, 2.75) is 45.1 Å². The Balaban J connectivity index is 1.38. The molecule has 0 spiro atoms. The Morgan fingerprint density at radius 1 is 0.938 bits per heavy atom. The molecule has 1 N–H and O–H groups in total. The number of nitrogens with one attached hydrogen (secondary N) is 1. The van der Waals surface area contributed by atoms with Crippen LogP contribution in [-0.2, 0) is 7.05 Å². The topological polar surface area (TPSA) is 42.7 Å². The van der Waals surface area contributed by atoms with Crippen LogP contribution in [0.25, 0.3) is 33.4 Å². The summed E-state index contributed by atoms with van der Waals surface area (Å²) in [6, 6.07) is 18.9. The van der Waals surface area contributed by atoms with Gasteiger partial charge in [0.25, 0.3) is 0 Å². The highest BCUT2D eigenvalue weighted by Gasteiger charge is 2.21. The second kappa shape index (κ2) is 8.95. The summed E-state index contributed by atoms with van der Waals surface area (Å²) in [7, 11) is 2.09. The number of hydrogen-bond acceptors (Lipinski definition) is 3. The molecule has 0 bridgehead atoms. The first-order chi connectivity index (χ1) is 15.6. The largest absolute Gasteiger partial charge is 0.353 e. The first-order valence-corrected chi connectivity index (χ1v) is 11.9. The highest BCUT2D eigenvalue weighted by atomic mass is 35.5. The van der Waals surface area contributed by atoms with E-state index in [2.05, 4.69) is 54.2 Å². The van der Waals surface area contributed by atoms with Crippen LogP contribution in [0.1, 0.15) is 39.0 Å². The van der Waals surface area contributed by atoms with Crippen molar-refractivity contribution >= 4 is 28.6 Å². The predicted molar refractivity (Wildman–Crippen MR) is 134 cm³/mol. The van der Waals surface area contributed by atoms with Crippen molar-refractivity contribution in [1.29, 1.82) is 0 Å². The molecule has 0 amide bonds. The number of anilines is 1. The van der Waals surface area contributed by atoms with Crippen molar-refractivity contribution in [3.8, 4) is 22.4 Å². The summed E-state index contributed by atoms with van der Waals surface area (Å²) in [5.74, 6) is 1.68. The van der Waals surface area contributed by atoms with E-state index in [4.69, 9.17) is 21.6 Å². The molecular formula is C27H29ClN4. The number of imidazole rings is 1. The van der Waals surface area contributed by atoms with Gasteiger partial charge in [-0.1, -0.05) is 55.1 Å². The van der Waals surface area contributed by atoms with Gasteiger partial charge < -0.3 is 9.88 Å². The SMILES string of the molecule is C[C@@H](Nc1nc2cc(-c3ccc(-c4ccc(Cl)cc4)cn3)ccc2n1C)C1CCCCC1. The monoisotopic (exact) mass is 444 g/mol. The molecule has 0 aliphatic heterocycles. The third-order valence-electron chi connectivity index (χ3n) is 6.83. The lowest BCUT2D eigenvalue weighted by atomic mass is 9.85. The minimum Gasteiger partial charge on any atom is -0.353 e. The van der Waals surface area contributed by atoms with E-state index in [0.717, 1.165) is 50.3 Å². The molecule has 32 heavy (non-hydrogen) atoms. The fourth-order valence-corrected chi connectivity index (χ4v) is 4.95. The van der Waals surface area contributed by atoms with E-state index in [-0.39, 0.29) is 0 Å². The third-order valence-corrected chi connectivity index (χ3v) is 7.08. The number of nitrogens with zero attached hydrogens (tertiary/aromatic N) is 3. The number of fused-ring (bicyclic) bond motifs is 1. The molecule has 1 atom stereocenters. The van der Waals surface area contributed by atoms with Crippen molar-refractivity contribution < 1.29 is 0 Å². The maximum Gasteiger partial charge on any atom is 0.203 e. The molecule has 4 nitrogen and oxygen atoms in total. The highest BCUT2D eigenvalue weighted by molar-refractivity contribution is 6.30. The quantitative estimate of drug-likeness (QED) is 0.350. The van der Waals surface area contributed by atoms with Gasteiger partial charge in [-0.3, -0.25) is 4.98 Å². The van der Waals surface area contributed by atoms with E-state index in [1.165, 1.54) is 32.1 Å². The predicted octanol–water partition coefficient (Wildman–Crippen LogP) is 7.34. The van der Waals surface area contributed by atoms with Crippen LogP contribution >= 0.6 is 11.6 Å². The zero-order valence-electron chi connectivity index (χ0n) is 18.7. The van der Waals surface area contributed by atoms with E-state index >= 15 is 0 Å². The maximum absolute atomic E-state index is 6.00. The normalized spacial score (nSPS) is 15.7. The van der Waals surface area contributed by atoms with Crippen LogP contribution in [0.5, 0.6) is 0 Å². The average Bonchev–Trinajstić information content (AvgIpc) is 3.14. The average molecular weight is 445 g/mol. The fourth-order valence-electron chi connectivity index (χ4n) is 4.82. The molecule has 1 fully saturated rings. The van der Waals surface area contributed by atoms with Crippen molar-refractivity contribution in [3.63, 3.8) is 0 Å². The molecule has 1 aliphatic rings. The summed E-state index contributed by atoms with van der Waals surface area (Å²) in [4.78, 5) is 9.63. The molecule has 4 aromatic rings. The van der Waals surface area contributed by atoms with Crippen LogP contribution in [0.2, 0.25) is 5.02 Å². The molecule has 2 heterocycles. The zero-order chi connectivity index (χ0) is 22.1. The number of rotatable bonds is 5. The van der Waals surface area contributed by atoms with Crippen LogP contribution < -0.4 is 5.32 Å².